The largest absolute Gasteiger partial charge is 0.354 e. The van der Waals surface area contributed by atoms with Gasteiger partial charge in [-0.25, -0.2) is 8.42 Å². The maximum absolute atomic E-state index is 14.0. The lowest BCUT2D eigenvalue weighted by Crippen LogP contribution is -2.53. The summed E-state index contributed by atoms with van der Waals surface area (Å²) in [6.07, 6.45) is 1.99. The number of nitrogens with zero attached hydrogens (tertiary/aromatic N) is 2. The Labute approximate surface area is 240 Å². The quantitative estimate of drug-likeness (QED) is 0.313. The molecule has 3 rings (SSSR count). The number of hydrogen-bond donors (Lipinski definition) is 1. The zero-order valence-corrected chi connectivity index (χ0v) is 24.6. The Morgan fingerprint density at radius 3 is 2.21 bits per heavy atom. The molecule has 3 aromatic rings. The van der Waals surface area contributed by atoms with Crippen LogP contribution in [-0.2, 0) is 32.6 Å². The van der Waals surface area contributed by atoms with E-state index >= 15 is 0 Å². The molecule has 10 heteroatoms. The van der Waals surface area contributed by atoms with Crippen LogP contribution in [0.3, 0.4) is 0 Å². The molecule has 0 unspecified atom stereocenters. The summed E-state index contributed by atoms with van der Waals surface area (Å²) < 4.78 is 26.6. The predicted octanol–water partition coefficient (Wildman–Crippen LogP) is 5.23. The lowest BCUT2D eigenvalue weighted by atomic mass is 10.0. The summed E-state index contributed by atoms with van der Waals surface area (Å²) >= 11 is 12.4. The van der Waals surface area contributed by atoms with Crippen LogP contribution < -0.4 is 9.62 Å². The van der Waals surface area contributed by atoms with Gasteiger partial charge in [0.1, 0.15) is 12.6 Å². The first-order valence-electron chi connectivity index (χ1n) is 12.6. The van der Waals surface area contributed by atoms with Crippen molar-refractivity contribution < 1.29 is 18.0 Å². The second kappa shape index (κ2) is 13.8. The highest BCUT2D eigenvalue weighted by atomic mass is 35.5. The molecule has 0 saturated carbocycles. The molecule has 0 aliphatic carbocycles. The minimum atomic E-state index is -3.92. The van der Waals surface area contributed by atoms with Gasteiger partial charge in [0.05, 0.1) is 17.0 Å². The van der Waals surface area contributed by atoms with Crippen LogP contribution in [0.4, 0.5) is 5.69 Å². The standard InChI is InChI=1S/C29H33Cl2N3O4S/c1-4-16-32-29(36)27(17-22-8-6-5-7-9-22)33(19-23-12-10-21(2)11-13-23)28(35)20-34(39(3,37)38)26-15-14-24(30)18-25(26)31/h5-15,18,27H,4,16-17,19-20H2,1-3H3,(H,32,36)/t27-/m0/s1. The number of benzene rings is 3. The van der Waals surface area contributed by atoms with E-state index in [9.17, 15) is 18.0 Å². The number of halogens is 2. The van der Waals surface area contributed by atoms with Gasteiger partial charge in [-0.05, 0) is 42.7 Å². The van der Waals surface area contributed by atoms with Crippen molar-refractivity contribution in [3.63, 3.8) is 0 Å². The third-order valence-electron chi connectivity index (χ3n) is 6.15. The van der Waals surface area contributed by atoms with E-state index in [0.717, 1.165) is 33.7 Å². The van der Waals surface area contributed by atoms with Gasteiger partial charge in [0.15, 0.2) is 0 Å². The predicted molar refractivity (Wildman–Crippen MR) is 158 cm³/mol. The molecule has 7 nitrogen and oxygen atoms in total. The number of carbonyl (C=O) groups is 2. The van der Waals surface area contributed by atoms with E-state index in [0.29, 0.717) is 11.6 Å². The number of carbonyl (C=O) groups excluding carboxylic acids is 2. The molecule has 208 valence electrons. The first-order chi connectivity index (χ1) is 18.5. The second-order valence-corrected chi connectivity index (χ2v) is 12.1. The third kappa shape index (κ3) is 8.71. The molecule has 0 fully saturated rings. The van der Waals surface area contributed by atoms with Crippen molar-refractivity contribution >= 4 is 50.7 Å². The lowest BCUT2D eigenvalue weighted by molar-refractivity contribution is -0.140. The summed E-state index contributed by atoms with van der Waals surface area (Å²) in [5.74, 6) is -0.851. The van der Waals surface area contributed by atoms with Crippen molar-refractivity contribution in [2.45, 2.75) is 39.3 Å². The van der Waals surface area contributed by atoms with E-state index in [4.69, 9.17) is 23.2 Å². The second-order valence-electron chi connectivity index (χ2n) is 9.37. The van der Waals surface area contributed by atoms with Gasteiger partial charge in [-0.2, -0.15) is 0 Å². The van der Waals surface area contributed by atoms with Crippen LogP contribution >= 0.6 is 23.2 Å². The maximum Gasteiger partial charge on any atom is 0.244 e. The molecule has 1 N–H and O–H groups in total. The van der Waals surface area contributed by atoms with Crippen LogP contribution in [0.1, 0.15) is 30.0 Å². The van der Waals surface area contributed by atoms with Crippen molar-refractivity contribution in [1.82, 2.24) is 10.2 Å². The van der Waals surface area contributed by atoms with Gasteiger partial charge in [0, 0.05) is 24.5 Å². The molecule has 0 heterocycles. The number of hydrogen-bond acceptors (Lipinski definition) is 4. The fourth-order valence-electron chi connectivity index (χ4n) is 4.09. The molecule has 0 bridgehead atoms. The average molecular weight is 591 g/mol. The average Bonchev–Trinajstić information content (AvgIpc) is 2.89. The number of aryl methyl sites for hydroxylation is 1. The molecule has 3 aromatic carbocycles. The molecule has 0 spiro atoms. The molecule has 0 saturated heterocycles. The molecule has 0 aromatic heterocycles. The molecule has 0 radical (unpaired) electrons. The van der Waals surface area contributed by atoms with Crippen LogP contribution in [0.2, 0.25) is 10.0 Å². The number of anilines is 1. The van der Waals surface area contributed by atoms with Crippen molar-refractivity contribution in [3.8, 4) is 0 Å². The number of nitrogens with one attached hydrogen (secondary N) is 1. The smallest absolute Gasteiger partial charge is 0.244 e. The monoisotopic (exact) mass is 589 g/mol. The molecule has 0 aliphatic heterocycles. The molecule has 2 amide bonds. The van der Waals surface area contributed by atoms with Gasteiger partial charge in [-0.15, -0.1) is 0 Å². The highest BCUT2D eigenvalue weighted by molar-refractivity contribution is 7.92. The molecular formula is C29H33Cl2N3O4S. The van der Waals surface area contributed by atoms with Gasteiger partial charge >= 0.3 is 0 Å². The van der Waals surface area contributed by atoms with Crippen LogP contribution in [0, 0.1) is 6.92 Å². The van der Waals surface area contributed by atoms with Gasteiger partial charge in [0.2, 0.25) is 21.8 Å². The Hall–Kier alpha value is -3.07. The topological polar surface area (TPSA) is 86.8 Å². The number of amides is 2. The Bertz CT molecular complexity index is 1380. The maximum atomic E-state index is 14.0. The zero-order valence-electron chi connectivity index (χ0n) is 22.2. The summed E-state index contributed by atoms with van der Waals surface area (Å²) in [6.45, 7) is 3.93. The van der Waals surface area contributed by atoms with Crippen LogP contribution in [0.25, 0.3) is 0 Å². The SMILES string of the molecule is CCCNC(=O)[C@H](Cc1ccccc1)N(Cc1ccc(C)cc1)C(=O)CN(c1ccc(Cl)cc1Cl)S(C)(=O)=O. The first kappa shape index (κ1) is 30.5. The first-order valence-corrected chi connectivity index (χ1v) is 15.2. The lowest BCUT2D eigenvalue weighted by Gasteiger charge is -2.33. The van der Waals surface area contributed by atoms with Crippen LogP contribution in [-0.4, -0.2) is 50.5 Å². The van der Waals surface area contributed by atoms with Gasteiger partial charge in [-0.1, -0.05) is 90.3 Å². The zero-order chi connectivity index (χ0) is 28.6. The minimum absolute atomic E-state index is 0.0901. The van der Waals surface area contributed by atoms with E-state index in [2.05, 4.69) is 5.32 Å². The van der Waals surface area contributed by atoms with Crippen LogP contribution in [0.15, 0.2) is 72.8 Å². The van der Waals surface area contributed by atoms with Crippen LogP contribution in [0.5, 0.6) is 0 Å². The summed E-state index contributed by atoms with van der Waals surface area (Å²) in [4.78, 5) is 28.9. The Morgan fingerprint density at radius 1 is 0.949 bits per heavy atom. The number of sulfonamides is 1. The summed E-state index contributed by atoms with van der Waals surface area (Å²) in [6, 6.07) is 20.6. The van der Waals surface area contributed by atoms with Crippen molar-refractivity contribution in [2.75, 3.05) is 23.7 Å². The summed E-state index contributed by atoms with van der Waals surface area (Å²) in [5.41, 5.74) is 2.86. The molecule has 39 heavy (non-hydrogen) atoms. The summed E-state index contributed by atoms with van der Waals surface area (Å²) in [7, 11) is -3.92. The van der Waals surface area contributed by atoms with E-state index in [1.807, 2.05) is 68.4 Å². The van der Waals surface area contributed by atoms with E-state index in [1.54, 1.807) is 0 Å². The third-order valence-corrected chi connectivity index (χ3v) is 7.82. The normalized spacial score (nSPS) is 12.0. The van der Waals surface area contributed by atoms with E-state index < -0.39 is 28.5 Å². The van der Waals surface area contributed by atoms with Gasteiger partial charge in [0.25, 0.3) is 0 Å². The Morgan fingerprint density at radius 2 is 1.62 bits per heavy atom. The molecule has 0 aliphatic rings. The minimum Gasteiger partial charge on any atom is -0.354 e. The highest BCUT2D eigenvalue weighted by Gasteiger charge is 2.33. The van der Waals surface area contributed by atoms with E-state index in [-0.39, 0.29) is 29.6 Å². The number of rotatable bonds is 12. The Kier molecular flexibility index (Phi) is 10.8. The van der Waals surface area contributed by atoms with E-state index in [1.165, 1.54) is 23.1 Å². The van der Waals surface area contributed by atoms with Crippen molar-refractivity contribution in [1.29, 1.82) is 0 Å². The highest BCUT2D eigenvalue weighted by Crippen LogP contribution is 2.30. The fraction of sp³-hybridized carbons (Fsp3) is 0.310. The molecular weight excluding hydrogens is 557 g/mol. The molecule has 1 atom stereocenters. The van der Waals surface area contributed by atoms with Gasteiger partial charge < -0.3 is 10.2 Å². The van der Waals surface area contributed by atoms with Crippen molar-refractivity contribution in [3.05, 3.63) is 99.5 Å². The van der Waals surface area contributed by atoms with Crippen molar-refractivity contribution in [2.24, 2.45) is 0 Å². The fourth-order valence-corrected chi connectivity index (χ4v) is 5.51. The van der Waals surface area contributed by atoms with Gasteiger partial charge in [-0.3, -0.25) is 13.9 Å². The Balaban J connectivity index is 2.05. The summed E-state index contributed by atoms with van der Waals surface area (Å²) in [5, 5.41) is 3.34.